The highest BCUT2D eigenvalue weighted by Crippen LogP contribution is 2.28. The summed E-state index contributed by atoms with van der Waals surface area (Å²) in [5.74, 6) is 0.919. The fraction of sp³-hybridized carbons (Fsp3) is 0.400. The van der Waals surface area contributed by atoms with Gasteiger partial charge in [-0.05, 0) is 38.1 Å². The van der Waals surface area contributed by atoms with Gasteiger partial charge in [0.05, 0.1) is 23.9 Å². The van der Waals surface area contributed by atoms with Crippen molar-refractivity contribution in [3.8, 4) is 5.75 Å². The molecule has 2 rings (SSSR count). The summed E-state index contributed by atoms with van der Waals surface area (Å²) in [5, 5.41) is 3.52. The fourth-order valence-electron chi connectivity index (χ4n) is 2.08. The molecule has 0 spiro atoms. The molecule has 0 saturated carbocycles. The Bertz CT molecular complexity index is 507. The van der Waals surface area contributed by atoms with Gasteiger partial charge < -0.3 is 10.1 Å². The molecule has 0 saturated heterocycles. The van der Waals surface area contributed by atoms with Crippen LogP contribution in [0.15, 0.2) is 29.8 Å². The van der Waals surface area contributed by atoms with Crippen molar-refractivity contribution in [1.29, 1.82) is 0 Å². The molecule has 102 valence electrons. The predicted molar refractivity (Wildman–Crippen MR) is 80.0 cm³/mol. The minimum absolute atomic E-state index is 0.216. The van der Waals surface area contributed by atoms with Crippen LogP contribution in [0.5, 0.6) is 5.75 Å². The van der Waals surface area contributed by atoms with Crippen molar-refractivity contribution < 1.29 is 4.74 Å². The Labute approximate surface area is 118 Å². The lowest BCUT2D eigenvalue weighted by Gasteiger charge is -2.18. The number of thiazole rings is 1. The Balaban J connectivity index is 2.26. The van der Waals surface area contributed by atoms with Crippen LogP contribution in [0.25, 0.3) is 0 Å². The average Bonchev–Trinajstić information content (AvgIpc) is 2.84. The number of nitrogens with zero attached hydrogens (tertiary/aromatic N) is 1. The van der Waals surface area contributed by atoms with Crippen LogP contribution in [0.2, 0.25) is 0 Å². The van der Waals surface area contributed by atoms with Gasteiger partial charge in [-0.1, -0.05) is 19.1 Å². The van der Waals surface area contributed by atoms with E-state index in [0.717, 1.165) is 18.0 Å². The second-order valence-electron chi connectivity index (χ2n) is 4.29. The number of ether oxygens (including phenoxy) is 1. The van der Waals surface area contributed by atoms with Gasteiger partial charge in [-0.2, -0.15) is 0 Å². The van der Waals surface area contributed by atoms with E-state index in [0.29, 0.717) is 6.61 Å². The van der Waals surface area contributed by atoms with Crippen LogP contribution < -0.4 is 10.1 Å². The quantitative estimate of drug-likeness (QED) is 0.876. The lowest BCUT2D eigenvalue weighted by Crippen LogP contribution is -2.21. The summed E-state index contributed by atoms with van der Waals surface area (Å²) in [7, 11) is 0. The highest BCUT2D eigenvalue weighted by atomic mass is 32.1. The first kappa shape index (κ1) is 14.0. The van der Waals surface area contributed by atoms with Crippen LogP contribution in [-0.4, -0.2) is 18.1 Å². The van der Waals surface area contributed by atoms with Gasteiger partial charge in [0.25, 0.3) is 0 Å². The van der Waals surface area contributed by atoms with E-state index >= 15 is 0 Å². The molecule has 1 aromatic heterocycles. The van der Waals surface area contributed by atoms with E-state index in [1.54, 1.807) is 11.3 Å². The minimum Gasteiger partial charge on any atom is -0.494 e. The van der Waals surface area contributed by atoms with Gasteiger partial charge in [-0.15, -0.1) is 11.3 Å². The van der Waals surface area contributed by atoms with E-state index in [-0.39, 0.29) is 6.04 Å². The van der Waals surface area contributed by atoms with Gasteiger partial charge in [-0.25, -0.2) is 4.98 Å². The normalized spacial score (nSPS) is 12.4. The lowest BCUT2D eigenvalue weighted by molar-refractivity contribution is 0.340. The molecule has 0 aliphatic heterocycles. The molecular weight excluding hydrogens is 256 g/mol. The number of benzene rings is 1. The van der Waals surface area contributed by atoms with E-state index < -0.39 is 0 Å². The van der Waals surface area contributed by atoms with Crippen LogP contribution in [0.1, 0.15) is 36.0 Å². The van der Waals surface area contributed by atoms with E-state index in [2.05, 4.69) is 36.3 Å². The number of rotatable bonds is 6. The first-order valence-corrected chi connectivity index (χ1v) is 7.50. The third-order valence-electron chi connectivity index (χ3n) is 2.98. The van der Waals surface area contributed by atoms with Gasteiger partial charge in [-0.3, -0.25) is 0 Å². The zero-order valence-corrected chi connectivity index (χ0v) is 12.5. The first-order chi connectivity index (χ1) is 9.26. The van der Waals surface area contributed by atoms with Gasteiger partial charge >= 0.3 is 0 Å². The molecule has 19 heavy (non-hydrogen) atoms. The number of aryl methyl sites for hydroxylation is 1. The fourth-order valence-corrected chi connectivity index (χ4v) is 2.98. The van der Waals surface area contributed by atoms with E-state index in [9.17, 15) is 0 Å². The molecule has 0 bridgehead atoms. The molecule has 1 aromatic carbocycles. The second-order valence-corrected chi connectivity index (χ2v) is 5.18. The maximum atomic E-state index is 5.48. The van der Waals surface area contributed by atoms with Crippen LogP contribution in [0.4, 0.5) is 0 Å². The number of hydrogen-bond acceptors (Lipinski definition) is 4. The topological polar surface area (TPSA) is 34.1 Å². The Morgan fingerprint density at radius 3 is 2.53 bits per heavy atom. The Morgan fingerprint density at radius 1 is 1.26 bits per heavy atom. The summed E-state index contributed by atoms with van der Waals surface area (Å²) in [6.45, 7) is 7.80. The summed E-state index contributed by atoms with van der Waals surface area (Å²) in [6, 6.07) is 8.52. The number of hydrogen-bond donors (Lipinski definition) is 1. The van der Waals surface area contributed by atoms with Gasteiger partial charge in [0.1, 0.15) is 5.75 Å². The van der Waals surface area contributed by atoms with Crippen molar-refractivity contribution >= 4 is 11.3 Å². The van der Waals surface area contributed by atoms with Crippen molar-refractivity contribution in [3.05, 3.63) is 45.9 Å². The maximum Gasteiger partial charge on any atom is 0.119 e. The Hall–Kier alpha value is -1.39. The molecule has 1 atom stereocenters. The van der Waals surface area contributed by atoms with Crippen LogP contribution in [0, 0.1) is 6.92 Å². The van der Waals surface area contributed by atoms with Crippen molar-refractivity contribution in [2.24, 2.45) is 0 Å². The van der Waals surface area contributed by atoms with Crippen LogP contribution in [0.3, 0.4) is 0 Å². The predicted octanol–water partition coefficient (Wildman–Crippen LogP) is 3.55. The van der Waals surface area contributed by atoms with Crippen LogP contribution in [-0.2, 0) is 0 Å². The standard InChI is InChI=1S/C15H20N2OS/c1-4-16-14(15-11(3)17-10-19-15)12-6-8-13(9-7-12)18-5-2/h6-10,14,16H,4-5H2,1-3H3. The Morgan fingerprint density at radius 2 is 2.00 bits per heavy atom. The molecule has 4 heteroatoms. The van der Waals surface area contributed by atoms with Gasteiger partial charge in [0.2, 0.25) is 0 Å². The smallest absolute Gasteiger partial charge is 0.119 e. The van der Waals surface area contributed by atoms with Crippen molar-refractivity contribution in [2.45, 2.75) is 26.8 Å². The molecule has 1 heterocycles. The van der Waals surface area contributed by atoms with E-state index in [4.69, 9.17) is 4.74 Å². The summed E-state index contributed by atoms with van der Waals surface area (Å²) in [4.78, 5) is 5.63. The third kappa shape index (κ3) is 3.33. The third-order valence-corrected chi connectivity index (χ3v) is 3.97. The lowest BCUT2D eigenvalue weighted by atomic mass is 10.0. The molecule has 2 aromatic rings. The van der Waals surface area contributed by atoms with Crippen molar-refractivity contribution in [2.75, 3.05) is 13.2 Å². The second kappa shape index (κ2) is 6.68. The highest BCUT2D eigenvalue weighted by Gasteiger charge is 2.17. The SMILES string of the molecule is CCNC(c1ccc(OCC)cc1)c1scnc1C. The largest absolute Gasteiger partial charge is 0.494 e. The highest BCUT2D eigenvalue weighted by molar-refractivity contribution is 7.09. The molecule has 1 N–H and O–H groups in total. The van der Waals surface area contributed by atoms with E-state index in [1.165, 1.54) is 10.4 Å². The molecule has 3 nitrogen and oxygen atoms in total. The summed E-state index contributed by atoms with van der Waals surface area (Å²) >= 11 is 1.70. The first-order valence-electron chi connectivity index (χ1n) is 6.62. The molecule has 0 aliphatic rings. The Kier molecular flexibility index (Phi) is 4.93. The molecular formula is C15H20N2OS. The number of nitrogens with one attached hydrogen (secondary N) is 1. The molecule has 0 amide bonds. The van der Waals surface area contributed by atoms with Crippen molar-refractivity contribution in [3.63, 3.8) is 0 Å². The summed E-state index contributed by atoms with van der Waals surface area (Å²) in [5.41, 5.74) is 4.26. The van der Waals surface area contributed by atoms with Gasteiger partial charge in [0, 0.05) is 4.88 Å². The average molecular weight is 276 g/mol. The van der Waals surface area contributed by atoms with Crippen LogP contribution >= 0.6 is 11.3 Å². The molecule has 0 radical (unpaired) electrons. The molecule has 0 aliphatic carbocycles. The number of aromatic nitrogens is 1. The molecule has 0 fully saturated rings. The summed E-state index contributed by atoms with van der Waals surface area (Å²) < 4.78 is 5.48. The zero-order valence-electron chi connectivity index (χ0n) is 11.6. The van der Waals surface area contributed by atoms with Crippen molar-refractivity contribution in [1.82, 2.24) is 10.3 Å². The maximum absolute atomic E-state index is 5.48. The molecule has 1 unspecified atom stereocenters. The summed E-state index contributed by atoms with van der Waals surface area (Å²) in [6.07, 6.45) is 0. The minimum atomic E-state index is 0.216. The van der Waals surface area contributed by atoms with E-state index in [1.807, 2.05) is 24.6 Å². The van der Waals surface area contributed by atoms with Gasteiger partial charge in [0.15, 0.2) is 0 Å². The monoisotopic (exact) mass is 276 g/mol. The zero-order chi connectivity index (χ0) is 13.7.